The van der Waals surface area contributed by atoms with Crippen LogP contribution >= 0.6 is 0 Å². The molecular weight excluding hydrogens is 124 g/mol. The molecule has 0 heterocycles. The van der Waals surface area contributed by atoms with E-state index in [1.807, 2.05) is 0 Å². The largest absolute Gasteiger partial charge is 0.386 e. The Hall–Kier alpha value is -0.300. The Bertz CT molecular complexity index is 110. The molecule has 0 bridgehead atoms. The molecule has 0 aromatic heterocycles. The normalized spacial score (nSPS) is 25.3. The van der Waals surface area contributed by atoms with E-state index in [2.05, 4.69) is 6.58 Å². The minimum atomic E-state index is -0.531. The highest BCUT2D eigenvalue weighted by Gasteiger charge is 2.23. The van der Waals surface area contributed by atoms with E-state index in [0.29, 0.717) is 0 Å². The van der Waals surface area contributed by atoms with E-state index in [1.54, 1.807) is 6.08 Å². The summed E-state index contributed by atoms with van der Waals surface area (Å²) in [5.41, 5.74) is -0.531. The zero-order valence-electron chi connectivity index (χ0n) is 6.47. The Morgan fingerprint density at radius 3 is 2.00 bits per heavy atom. The fourth-order valence-corrected chi connectivity index (χ4v) is 1.54. The van der Waals surface area contributed by atoms with Gasteiger partial charge in [-0.05, 0) is 12.8 Å². The van der Waals surface area contributed by atoms with Crippen molar-refractivity contribution < 1.29 is 5.11 Å². The van der Waals surface area contributed by atoms with Crippen LogP contribution in [-0.4, -0.2) is 10.7 Å². The van der Waals surface area contributed by atoms with Gasteiger partial charge in [0.05, 0.1) is 5.60 Å². The zero-order valence-corrected chi connectivity index (χ0v) is 6.47. The van der Waals surface area contributed by atoms with E-state index in [1.165, 1.54) is 12.8 Å². The lowest BCUT2D eigenvalue weighted by molar-refractivity contribution is 0.0751. The molecule has 10 heavy (non-hydrogen) atoms. The van der Waals surface area contributed by atoms with Crippen molar-refractivity contribution in [2.75, 3.05) is 0 Å². The van der Waals surface area contributed by atoms with Crippen molar-refractivity contribution in [1.29, 1.82) is 0 Å². The molecule has 0 aliphatic heterocycles. The molecular formula is C9H16O. The van der Waals surface area contributed by atoms with Crippen LogP contribution in [0.5, 0.6) is 0 Å². The molecule has 0 aromatic rings. The first-order valence-electron chi connectivity index (χ1n) is 4.13. The number of hydrogen-bond donors (Lipinski definition) is 1. The van der Waals surface area contributed by atoms with Crippen LogP contribution in [0.2, 0.25) is 0 Å². The summed E-state index contributed by atoms with van der Waals surface area (Å²) in [6.07, 6.45) is 8.39. The minimum Gasteiger partial charge on any atom is -0.386 e. The van der Waals surface area contributed by atoms with Crippen molar-refractivity contribution in [2.45, 2.75) is 44.1 Å². The van der Waals surface area contributed by atoms with E-state index < -0.39 is 5.60 Å². The summed E-state index contributed by atoms with van der Waals surface area (Å²) in [5, 5.41) is 9.74. The van der Waals surface area contributed by atoms with Crippen LogP contribution in [-0.2, 0) is 0 Å². The maximum Gasteiger partial charge on any atom is 0.0825 e. The fourth-order valence-electron chi connectivity index (χ4n) is 1.54. The van der Waals surface area contributed by atoms with E-state index in [0.717, 1.165) is 25.7 Å². The highest BCUT2D eigenvalue weighted by molar-refractivity contribution is 4.96. The van der Waals surface area contributed by atoms with E-state index in [-0.39, 0.29) is 0 Å². The number of hydrogen-bond acceptors (Lipinski definition) is 1. The first kappa shape index (κ1) is 7.80. The predicted molar refractivity (Wildman–Crippen MR) is 42.8 cm³/mol. The Labute approximate surface area is 62.8 Å². The maximum atomic E-state index is 9.74. The van der Waals surface area contributed by atoms with Crippen molar-refractivity contribution in [3.05, 3.63) is 12.7 Å². The molecule has 0 unspecified atom stereocenters. The lowest BCUT2D eigenvalue weighted by Crippen LogP contribution is -2.23. The van der Waals surface area contributed by atoms with Crippen LogP contribution in [0.3, 0.4) is 0 Å². The summed E-state index contributed by atoms with van der Waals surface area (Å²) in [4.78, 5) is 0. The Balaban J connectivity index is 2.48. The molecule has 0 amide bonds. The average Bonchev–Trinajstić information content (AvgIpc) is 2.15. The van der Waals surface area contributed by atoms with Gasteiger partial charge in [0.15, 0.2) is 0 Å². The molecule has 1 rings (SSSR count). The molecule has 1 nitrogen and oxygen atoms in total. The van der Waals surface area contributed by atoms with Crippen LogP contribution in [0.4, 0.5) is 0 Å². The van der Waals surface area contributed by atoms with Gasteiger partial charge in [-0.1, -0.05) is 31.8 Å². The third kappa shape index (κ3) is 1.84. The van der Waals surface area contributed by atoms with Gasteiger partial charge in [0.1, 0.15) is 0 Å². The van der Waals surface area contributed by atoms with Gasteiger partial charge < -0.3 is 5.11 Å². The molecule has 1 fully saturated rings. The van der Waals surface area contributed by atoms with Gasteiger partial charge in [-0.25, -0.2) is 0 Å². The van der Waals surface area contributed by atoms with E-state index in [4.69, 9.17) is 0 Å². The van der Waals surface area contributed by atoms with Crippen molar-refractivity contribution in [2.24, 2.45) is 0 Å². The SMILES string of the molecule is C=CC1(O)CCCCCC1. The highest BCUT2D eigenvalue weighted by atomic mass is 16.3. The standard InChI is InChI=1S/C9H16O/c1-2-9(10)7-5-3-4-6-8-9/h2,10H,1,3-8H2. The Morgan fingerprint density at radius 2 is 1.60 bits per heavy atom. The van der Waals surface area contributed by atoms with Gasteiger partial charge in [-0.3, -0.25) is 0 Å². The predicted octanol–water partition coefficient (Wildman–Crippen LogP) is 2.26. The van der Waals surface area contributed by atoms with Crippen LogP contribution in [0.25, 0.3) is 0 Å². The first-order chi connectivity index (χ1) is 4.77. The second-order valence-electron chi connectivity index (χ2n) is 3.22. The quantitative estimate of drug-likeness (QED) is 0.437. The molecule has 0 atom stereocenters. The van der Waals surface area contributed by atoms with Crippen LogP contribution in [0.15, 0.2) is 12.7 Å². The second kappa shape index (κ2) is 3.20. The van der Waals surface area contributed by atoms with Crippen LogP contribution < -0.4 is 0 Å². The Morgan fingerprint density at radius 1 is 1.10 bits per heavy atom. The number of aliphatic hydroxyl groups is 1. The average molecular weight is 140 g/mol. The third-order valence-electron chi connectivity index (χ3n) is 2.35. The van der Waals surface area contributed by atoms with Gasteiger partial charge in [0.25, 0.3) is 0 Å². The number of rotatable bonds is 1. The first-order valence-corrected chi connectivity index (χ1v) is 4.13. The molecule has 1 saturated carbocycles. The maximum absolute atomic E-state index is 9.74. The molecule has 1 aliphatic rings. The van der Waals surface area contributed by atoms with Gasteiger partial charge in [-0.2, -0.15) is 0 Å². The summed E-state index contributed by atoms with van der Waals surface area (Å²) in [7, 11) is 0. The topological polar surface area (TPSA) is 20.2 Å². The minimum absolute atomic E-state index is 0.531. The van der Waals surface area contributed by atoms with E-state index in [9.17, 15) is 5.11 Å². The lowest BCUT2D eigenvalue weighted by Gasteiger charge is -2.21. The van der Waals surface area contributed by atoms with Crippen molar-refractivity contribution in [3.8, 4) is 0 Å². The summed E-state index contributed by atoms with van der Waals surface area (Å²) in [6.45, 7) is 3.65. The van der Waals surface area contributed by atoms with Crippen molar-refractivity contribution >= 4 is 0 Å². The second-order valence-corrected chi connectivity index (χ2v) is 3.22. The summed E-state index contributed by atoms with van der Waals surface area (Å²) in [5.74, 6) is 0. The molecule has 0 radical (unpaired) electrons. The summed E-state index contributed by atoms with van der Waals surface area (Å²) >= 11 is 0. The summed E-state index contributed by atoms with van der Waals surface area (Å²) < 4.78 is 0. The third-order valence-corrected chi connectivity index (χ3v) is 2.35. The summed E-state index contributed by atoms with van der Waals surface area (Å²) in [6, 6.07) is 0. The van der Waals surface area contributed by atoms with Crippen LogP contribution in [0.1, 0.15) is 38.5 Å². The molecule has 0 saturated heterocycles. The van der Waals surface area contributed by atoms with E-state index >= 15 is 0 Å². The van der Waals surface area contributed by atoms with Crippen LogP contribution in [0, 0.1) is 0 Å². The fraction of sp³-hybridized carbons (Fsp3) is 0.778. The highest BCUT2D eigenvalue weighted by Crippen LogP contribution is 2.27. The smallest absolute Gasteiger partial charge is 0.0825 e. The molecule has 1 heteroatoms. The van der Waals surface area contributed by atoms with Gasteiger partial charge in [0.2, 0.25) is 0 Å². The molecule has 1 N–H and O–H groups in total. The van der Waals surface area contributed by atoms with Crippen molar-refractivity contribution in [3.63, 3.8) is 0 Å². The monoisotopic (exact) mass is 140 g/mol. The lowest BCUT2D eigenvalue weighted by atomic mass is 9.95. The van der Waals surface area contributed by atoms with Crippen molar-refractivity contribution in [1.82, 2.24) is 0 Å². The zero-order chi connectivity index (χ0) is 7.45. The molecule has 1 aliphatic carbocycles. The molecule has 58 valence electrons. The molecule has 0 spiro atoms. The van der Waals surface area contributed by atoms with Gasteiger partial charge >= 0.3 is 0 Å². The van der Waals surface area contributed by atoms with Gasteiger partial charge in [0, 0.05) is 0 Å². The molecule has 0 aromatic carbocycles. The van der Waals surface area contributed by atoms with Gasteiger partial charge in [-0.15, -0.1) is 6.58 Å². The Kier molecular flexibility index (Phi) is 2.50.